The van der Waals surface area contributed by atoms with E-state index < -0.39 is 0 Å². The van der Waals surface area contributed by atoms with Gasteiger partial charge < -0.3 is 5.32 Å². The van der Waals surface area contributed by atoms with Gasteiger partial charge in [0.05, 0.1) is 0 Å². The summed E-state index contributed by atoms with van der Waals surface area (Å²) in [5.74, 6) is 2.26. The van der Waals surface area contributed by atoms with E-state index in [1.54, 1.807) is 0 Å². The fraction of sp³-hybridized carbons (Fsp3) is 0.667. The molecule has 0 saturated carbocycles. The van der Waals surface area contributed by atoms with Crippen molar-refractivity contribution in [2.24, 2.45) is 0 Å². The van der Waals surface area contributed by atoms with E-state index in [9.17, 15) is 0 Å². The van der Waals surface area contributed by atoms with Gasteiger partial charge in [-0.05, 0) is 27.7 Å². The smallest absolute Gasteiger partial charge is 0.133 e. The minimum absolute atomic E-state index is 0.372. The van der Waals surface area contributed by atoms with E-state index in [0.29, 0.717) is 12.0 Å². The molecule has 1 N–H and O–H groups in total. The second kappa shape index (κ2) is 4.60. The quantitative estimate of drug-likeness (QED) is 0.827. The van der Waals surface area contributed by atoms with E-state index in [1.807, 2.05) is 6.92 Å². The van der Waals surface area contributed by atoms with E-state index >= 15 is 0 Å². The Kier molecular flexibility index (Phi) is 3.66. The van der Waals surface area contributed by atoms with Crippen molar-refractivity contribution in [1.82, 2.24) is 9.97 Å². The maximum Gasteiger partial charge on any atom is 0.133 e. The van der Waals surface area contributed by atoms with Crippen molar-refractivity contribution in [2.75, 3.05) is 5.32 Å². The molecule has 0 fully saturated rings. The summed E-state index contributed by atoms with van der Waals surface area (Å²) in [6.45, 7) is 12.6. The second-order valence-corrected chi connectivity index (χ2v) is 4.59. The zero-order valence-corrected chi connectivity index (χ0v) is 10.5. The van der Waals surface area contributed by atoms with Crippen LogP contribution in [0.2, 0.25) is 0 Å². The summed E-state index contributed by atoms with van der Waals surface area (Å²) in [5, 5.41) is 3.36. The van der Waals surface area contributed by atoms with E-state index in [2.05, 4.69) is 49.9 Å². The highest BCUT2D eigenvalue weighted by atomic mass is 15.0. The van der Waals surface area contributed by atoms with Crippen LogP contribution in [-0.4, -0.2) is 16.0 Å². The zero-order valence-electron chi connectivity index (χ0n) is 10.5. The highest BCUT2D eigenvalue weighted by Gasteiger charge is 2.10. The van der Waals surface area contributed by atoms with Crippen LogP contribution in [0.5, 0.6) is 0 Å². The molecule has 0 aliphatic heterocycles. The standard InChI is InChI=1S/C12H21N3/c1-7(2)11-14-10(6)9(5)12(15-11)13-8(3)4/h7-8H,1-6H3,(H,13,14,15). The second-order valence-electron chi connectivity index (χ2n) is 4.59. The van der Waals surface area contributed by atoms with Gasteiger partial charge in [0, 0.05) is 23.2 Å². The molecular weight excluding hydrogens is 186 g/mol. The first-order valence-corrected chi connectivity index (χ1v) is 5.53. The highest BCUT2D eigenvalue weighted by molar-refractivity contribution is 5.46. The Morgan fingerprint density at radius 1 is 1.00 bits per heavy atom. The van der Waals surface area contributed by atoms with Crippen molar-refractivity contribution in [3.8, 4) is 0 Å². The summed E-state index contributed by atoms with van der Waals surface area (Å²) in [6, 6.07) is 0.401. The van der Waals surface area contributed by atoms with Gasteiger partial charge in [0.2, 0.25) is 0 Å². The molecule has 0 bridgehead atoms. The van der Waals surface area contributed by atoms with Crippen LogP contribution in [0.15, 0.2) is 0 Å². The van der Waals surface area contributed by atoms with Gasteiger partial charge in [-0.1, -0.05) is 13.8 Å². The molecule has 0 radical (unpaired) electrons. The number of nitrogens with zero attached hydrogens (tertiary/aromatic N) is 2. The van der Waals surface area contributed by atoms with Crippen LogP contribution < -0.4 is 5.32 Å². The van der Waals surface area contributed by atoms with Gasteiger partial charge in [-0.2, -0.15) is 0 Å². The summed E-state index contributed by atoms with van der Waals surface area (Å²) in [4.78, 5) is 9.04. The molecule has 1 aromatic rings. The zero-order chi connectivity index (χ0) is 11.6. The molecule has 3 heteroatoms. The fourth-order valence-electron chi connectivity index (χ4n) is 1.32. The van der Waals surface area contributed by atoms with Gasteiger partial charge >= 0.3 is 0 Å². The third-order valence-corrected chi connectivity index (χ3v) is 2.35. The SMILES string of the molecule is Cc1nc(C(C)C)nc(NC(C)C)c1C. The van der Waals surface area contributed by atoms with Crippen molar-refractivity contribution < 1.29 is 0 Å². The monoisotopic (exact) mass is 207 g/mol. The average Bonchev–Trinajstić information content (AvgIpc) is 2.11. The van der Waals surface area contributed by atoms with Crippen LogP contribution in [0.4, 0.5) is 5.82 Å². The predicted molar refractivity (Wildman–Crippen MR) is 64.4 cm³/mol. The molecule has 15 heavy (non-hydrogen) atoms. The van der Waals surface area contributed by atoms with Crippen molar-refractivity contribution in [1.29, 1.82) is 0 Å². The third-order valence-electron chi connectivity index (χ3n) is 2.35. The lowest BCUT2D eigenvalue weighted by atomic mass is 10.1. The topological polar surface area (TPSA) is 37.8 Å². The number of nitrogens with one attached hydrogen (secondary N) is 1. The van der Waals surface area contributed by atoms with Crippen LogP contribution >= 0.6 is 0 Å². The molecule has 0 atom stereocenters. The molecular formula is C12H21N3. The molecule has 0 aromatic carbocycles. The summed E-state index contributed by atoms with van der Waals surface area (Å²) in [6.07, 6.45) is 0. The summed E-state index contributed by atoms with van der Waals surface area (Å²) >= 11 is 0. The highest BCUT2D eigenvalue weighted by Crippen LogP contribution is 2.19. The van der Waals surface area contributed by atoms with Crippen molar-refractivity contribution in [3.05, 3.63) is 17.1 Å². The molecule has 0 amide bonds. The van der Waals surface area contributed by atoms with Crippen molar-refractivity contribution in [3.63, 3.8) is 0 Å². The lowest BCUT2D eigenvalue weighted by Gasteiger charge is -2.15. The summed E-state index contributed by atoms with van der Waals surface area (Å²) in [7, 11) is 0. The van der Waals surface area contributed by atoms with Crippen LogP contribution in [0.3, 0.4) is 0 Å². The number of hydrogen-bond acceptors (Lipinski definition) is 3. The Hall–Kier alpha value is -1.12. The van der Waals surface area contributed by atoms with Gasteiger partial charge in [0.25, 0.3) is 0 Å². The Morgan fingerprint density at radius 3 is 2.07 bits per heavy atom. The van der Waals surface area contributed by atoms with Crippen molar-refractivity contribution in [2.45, 2.75) is 53.5 Å². The van der Waals surface area contributed by atoms with E-state index in [1.165, 1.54) is 0 Å². The Labute approximate surface area is 92.3 Å². The largest absolute Gasteiger partial charge is 0.368 e. The summed E-state index contributed by atoms with van der Waals surface area (Å²) < 4.78 is 0. The molecule has 1 heterocycles. The summed E-state index contributed by atoms with van der Waals surface area (Å²) in [5.41, 5.74) is 2.21. The Morgan fingerprint density at radius 2 is 1.60 bits per heavy atom. The maximum absolute atomic E-state index is 4.55. The molecule has 0 aliphatic carbocycles. The van der Waals surface area contributed by atoms with Gasteiger partial charge in [-0.15, -0.1) is 0 Å². The van der Waals surface area contributed by atoms with Crippen LogP contribution in [-0.2, 0) is 0 Å². The van der Waals surface area contributed by atoms with Crippen LogP contribution in [0, 0.1) is 13.8 Å². The van der Waals surface area contributed by atoms with Gasteiger partial charge in [-0.25, -0.2) is 9.97 Å². The fourth-order valence-corrected chi connectivity index (χ4v) is 1.32. The first-order chi connectivity index (χ1) is 6.91. The van der Waals surface area contributed by atoms with E-state index in [0.717, 1.165) is 22.9 Å². The predicted octanol–water partition coefficient (Wildman–Crippen LogP) is 3.04. The lowest BCUT2D eigenvalue weighted by molar-refractivity contribution is 0.757. The normalized spacial score (nSPS) is 11.2. The number of rotatable bonds is 3. The minimum Gasteiger partial charge on any atom is -0.368 e. The number of aryl methyl sites for hydroxylation is 1. The molecule has 0 saturated heterocycles. The number of anilines is 1. The van der Waals surface area contributed by atoms with E-state index in [-0.39, 0.29) is 0 Å². The van der Waals surface area contributed by atoms with Crippen molar-refractivity contribution >= 4 is 5.82 Å². The molecule has 0 unspecified atom stereocenters. The molecule has 0 spiro atoms. The average molecular weight is 207 g/mol. The van der Waals surface area contributed by atoms with Crippen LogP contribution in [0.25, 0.3) is 0 Å². The molecule has 0 aliphatic rings. The molecule has 3 nitrogen and oxygen atoms in total. The minimum atomic E-state index is 0.372. The first-order valence-electron chi connectivity index (χ1n) is 5.53. The number of hydrogen-bond donors (Lipinski definition) is 1. The van der Waals surface area contributed by atoms with Gasteiger partial charge in [-0.3, -0.25) is 0 Å². The van der Waals surface area contributed by atoms with Crippen LogP contribution in [0.1, 0.15) is 50.7 Å². The molecule has 1 rings (SSSR count). The Bertz CT molecular complexity index is 343. The van der Waals surface area contributed by atoms with Gasteiger partial charge in [0.1, 0.15) is 11.6 Å². The Balaban J connectivity index is 3.13. The lowest BCUT2D eigenvalue weighted by Crippen LogP contribution is -2.15. The van der Waals surface area contributed by atoms with Gasteiger partial charge in [0.15, 0.2) is 0 Å². The molecule has 1 aromatic heterocycles. The first kappa shape index (κ1) is 12.0. The van der Waals surface area contributed by atoms with E-state index in [4.69, 9.17) is 0 Å². The maximum atomic E-state index is 4.55. The number of aromatic nitrogens is 2. The molecule has 84 valence electrons. The third kappa shape index (κ3) is 2.91.